The number of rotatable bonds is 57. The molecule has 0 aliphatic heterocycles. The number of amides is 4. The van der Waals surface area contributed by atoms with Gasteiger partial charge in [0.2, 0.25) is 23.6 Å². The summed E-state index contributed by atoms with van der Waals surface area (Å²) in [7, 11) is 0. The SMILES string of the molecule is CC(C)[C@H](CC(=O)[C@H](CCCCCC(=O)COCCOCCNC(=O)COCCOCCNC(=O)CC[C@H](NC(=O)C1CCC(CCC(=O)CCCCCCCCCCCCCCCCCCC(=O)O)CC1)C(=O)O)CC(=O)C(C)(C)C)C(N)=O. The van der Waals surface area contributed by atoms with E-state index >= 15 is 0 Å². The number of nitrogens with two attached hydrogens (primary N) is 1. The summed E-state index contributed by atoms with van der Waals surface area (Å²) in [6.45, 7) is 10.5. The van der Waals surface area contributed by atoms with Gasteiger partial charge in [-0.05, 0) is 76.0 Å². The molecule has 4 amide bonds. The van der Waals surface area contributed by atoms with Crippen molar-refractivity contribution in [2.75, 3.05) is 65.9 Å². The van der Waals surface area contributed by atoms with Gasteiger partial charge in [-0.3, -0.25) is 43.2 Å². The number of carboxylic acid groups (broad SMARTS) is 2. The van der Waals surface area contributed by atoms with Crippen LogP contribution in [0.3, 0.4) is 0 Å². The van der Waals surface area contributed by atoms with Crippen molar-refractivity contribution in [2.45, 2.75) is 253 Å². The van der Waals surface area contributed by atoms with Crippen molar-refractivity contribution >= 4 is 58.7 Å². The lowest BCUT2D eigenvalue weighted by molar-refractivity contribution is -0.143. The van der Waals surface area contributed by atoms with Crippen LogP contribution in [0.4, 0.5) is 0 Å². The van der Waals surface area contributed by atoms with Crippen molar-refractivity contribution < 1.29 is 77.1 Å². The Bertz CT molecular complexity index is 1920. The molecule has 1 rings (SSSR count). The molecule has 0 unspecified atom stereocenters. The Morgan fingerprint density at radius 2 is 0.988 bits per heavy atom. The molecule has 0 aromatic rings. The summed E-state index contributed by atoms with van der Waals surface area (Å²) in [5.41, 5.74) is 4.96. The number of ether oxygens (including phenoxy) is 4. The number of primary amides is 1. The zero-order valence-electron chi connectivity index (χ0n) is 53.1. The Morgan fingerprint density at radius 1 is 0.518 bits per heavy atom. The molecule has 0 heterocycles. The van der Waals surface area contributed by atoms with Crippen molar-refractivity contribution in [3.05, 3.63) is 0 Å². The molecule has 0 bridgehead atoms. The number of hydrogen-bond donors (Lipinski definition) is 6. The second-order valence-corrected chi connectivity index (χ2v) is 24.9. The standard InChI is InChI=1S/C65H114N4O16/c1-49(2)55(62(66)78)46-57(72)52(45-58(73)65(3,4)5)25-21-20-23-27-54(71)47-84-43-41-83-40-38-68-60(75)48-85-44-42-82-39-37-67-59(74)36-35-56(64(80)81)69-63(79)51-32-29-50(30-33-51)31-34-53(70)26-22-18-16-14-12-10-8-6-7-9-11-13-15-17-19-24-28-61(76)77/h49-52,55-56H,6-48H2,1-5H3,(H2,66,78)(H,67,74)(H,68,75)(H,69,79)(H,76,77)(H,80,81)/t50?,51?,52-,55+,56+/m1/s1. The molecule has 20 nitrogen and oxygen atoms in total. The molecule has 0 radical (unpaired) electrons. The van der Waals surface area contributed by atoms with E-state index in [1.807, 2.05) is 34.6 Å². The highest BCUT2D eigenvalue weighted by molar-refractivity contribution is 5.92. The summed E-state index contributed by atoms with van der Waals surface area (Å²) < 4.78 is 21.7. The molecule has 0 saturated heterocycles. The van der Waals surface area contributed by atoms with Gasteiger partial charge >= 0.3 is 11.9 Å². The maximum atomic E-state index is 13.2. The molecule has 7 N–H and O–H groups in total. The van der Waals surface area contributed by atoms with Gasteiger partial charge < -0.3 is 50.8 Å². The van der Waals surface area contributed by atoms with Crippen LogP contribution in [-0.2, 0) is 66.9 Å². The molecule has 20 heteroatoms. The second-order valence-electron chi connectivity index (χ2n) is 24.9. The van der Waals surface area contributed by atoms with Gasteiger partial charge in [-0.1, -0.05) is 137 Å². The Balaban J connectivity index is 2.04. The van der Waals surface area contributed by atoms with E-state index in [-0.39, 0.29) is 145 Å². The minimum Gasteiger partial charge on any atom is -0.481 e. The van der Waals surface area contributed by atoms with E-state index < -0.39 is 41.1 Å². The first-order chi connectivity index (χ1) is 40.6. The third-order valence-electron chi connectivity index (χ3n) is 16.1. The average molecular weight is 1210 g/mol. The Kier molecular flexibility index (Phi) is 45.5. The summed E-state index contributed by atoms with van der Waals surface area (Å²) in [6, 6.07) is -1.19. The highest BCUT2D eigenvalue weighted by Crippen LogP contribution is 2.32. The molecule has 0 aromatic carbocycles. The Labute approximate surface area is 509 Å². The van der Waals surface area contributed by atoms with E-state index in [0.717, 1.165) is 51.4 Å². The van der Waals surface area contributed by atoms with Crippen LogP contribution >= 0.6 is 0 Å². The number of ketones is 4. The van der Waals surface area contributed by atoms with Gasteiger partial charge in [0.1, 0.15) is 36.6 Å². The molecule has 1 fully saturated rings. The fourth-order valence-electron chi connectivity index (χ4n) is 10.5. The molecule has 490 valence electrons. The highest BCUT2D eigenvalue weighted by Gasteiger charge is 2.32. The minimum atomic E-state index is -1.20. The number of aliphatic carboxylic acids is 2. The normalized spacial score (nSPS) is 15.4. The molecular weight excluding hydrogens is 1090 g/mol. The van der Waals surface area contributed by atoms with Gasteiger partial charge in [0.05, 0.1) is 39.6 Å². The number of nitrogens with one attached hydrogen (secondary N) is 3. The molecule has 0 spiro atoms. The third-order valence-corrected chi connectivity index (χ3v) is 16.1. The van der Waals surface area contributed by atoms with Crippen molar-refractivity contribution in [2.24, 2.45) is 40.7 Å². The number of carboxylic acids is 2. The lowest BCUT2D eigenvalue weighted by Crippen LogP contribution is -2.45. The minimum absolute atomic E-state index is 0.0105. The number of hydrogen-bond acceptors (Lipinski definition) is 14. The number of unbranched alkanes of at least 4 members (excludes halogenated alkanes) is 17. The van der Waals surface area contributed by atoms with Crippen molar-refractivity contribution in [1.29, 1.82) is 0 Å². The first-order valence-corrected chi connectivity index (χ1v) is 32.6. The number of carbonyl (C=O) groups is 10. The van der Waals surface area contributed by atoms with E-state index in [1.165, 1.54) is 70.6 Å². The van der Waals surface area contributed by atoms with Crippen LogP contribution in [0.2, 0.25) is 0 Å². The average Bonchev–Trinajstić information content (AvgIpc) is 3.63. The van der Waals surface area contributed by atoms with Crippen LogP contribution in [0.5, 0.6) is 0 Å². The summed E-state index contributed by atoms with van der Waals surface area (Å²) in [5.74, 6) is -4.38. The van der Waals surface area contributed by atoms with Crippen molar-refractivity contribution in [3.63, 3.8) is 0 Å². The molecule has 0 aromatic heterocycles. The van der Waals surface area contributed by atoms with E-state index in [9.17, 15) is 53.1 Å². The summed E-state index contributed by atoms with van der Waals surface area (Å²) >= 11 is 0. The van der Waals surface area contributed by atoms with Gasteiger partial charge in [0.15, 0.2) is 5.78 Å². The lowest BCUT2D eigenvalue weighted by Gasteiger charge is -2.28. The van der Waals surface area contributed by atoms with Gasteiger partial charge in [-0.25, -0.2) is 4.79 Å². The summed E-state index contributed by atoms with van der Waals surface area (Å²) in [4.78, 5) is 123. The maximum absolute atomic E-state index is 13.2. The zero-order valence-corrected chi connectivity index (χ0v) is 53.1. The lowest BCUT2D eigenvalue weighted by atomic mass is 9.79. The first kappa shape index (κ1) is 78.4. The fourth-order valence-corrected chi connectivity index (χ4v) is 10.5. The van der Waals surface area contributed by atoms with E-state index in [1.54, 1.807) is 0 Å². The Morgan fingerprint density at radius 3 is 1.48 bits per heavy atom. The van der Waals surface area contributed by atoms with Crippen LogP contribution in [0, 0.1) is 35.0 Å². The van der Waals surface area contributed by atoms with Gasteiger partial charge in [-0.15, -0.1) is 0 Å². The van der Waals surface area contributed by atoms with E-state index in [0.29, 0.717) is 69.5 Å². The quantitative estimate of drug-likeness (QED) is 0.0309. The van der Waals surface area contributed by atoms with Crippen molar-refractivity contribution in [3.8, 4) is 0 Å². The van der Waals surface area contributed by atoms with E-state index in [2.05, 4.69) is 16.0 Å². The molecular formula is C65H114N4O16. The Hall–Kier alpha value is -4.66. The topological polar surface area (TPSA) is 310 Å². The molecule has 1 aliphatic carbocycles. The third kappa shape index (κ3) is 43.6. The van der Waals surface area contributed by atoms with Gasteiger partial charge in [-0.2, -0.15) is 0 Å². The molecule has 85 heavy (non-hydrogen) atoms. The number of Topliss-reactive ketones (excluding diaryl/α,β-unsaturated/α-hetero) is 4. The molecule has 3 atom stereocenters. The maximum Gasteiger partial charge on any atom is 0.326 e. The van der Waals surface area contributed by atoms with Crippen LogP contribution in [0.25, 0.3) is 0 Å². The molecule has 1 saturated carbocycles. The predicted molar refractivity (Wildman–Crippen MR) is 326 cm³/mol. The van der Waals surface area contributed by atoms with Crippen molar-refractivity contribution in [1.82, 2.24) is 16.0 Å². The largest absolute Gasteiger partial charge is 0.481 e. The van der Waals surface area contributed by atoms with Crippen LogP contribution < -0.4 is 21.7 Å². The van der Waals surface area contributed by atoms with Crippen LogP contribution in [0.15, 0.2) is 0 Å². The van der Waals surface area contributed by atoms with Gasteiger partial charge in [0.25, 0.3) is 0 Å². The van der Waals surface area contributed by atoms with Gasteiger partial charge in [0, 0.05) is 81.2 Å². The zero-order chi connectivity index (χ0) is 63.1. The highest BCUT2D eigenvalue weighted by atomic mass is 16.5. The fraction of sp³-hybridized carbons (Fsp3) is 0.846. The predicted octanol–water partition coefficient (Wildman–Crippen LogP) is 9.75. The smallest absolute Gasteiger partial charge is 0.326 e. The van der Waals surface area contributed by atoms with E-state index in [4.69, 9.17) is 29.8 Å². The molecule has 1 aliphatic rings. The van der Waals surface area contributed by atoms with Crippen LogP contribution in [0.1, 0.15) is 247 Å². The first-order valence-electron chi connectivity index (χ1n) is 32.6. The summed E-state index contributed by atoms with van der Waals surface area (Å²) in [5, 5.41) is 26.5. The second kappa shape index (κ2) is 49.3. The summed E-state index contributed by atoms with van der Waals surface area (Å²) in [6.07, 6.45) is 26.9. The van der Waals surface area contributed by atoms with Crippen LogP contribution in [-0.4, -0.2) is 141 Å². The number of carbonyl (C=O) groups excluding carboxylic acids is 8. The monoisotopic (exact) mass is 1210 g/mol.